The van der Waals surface area contributed by atoms with Crippen molar-refractivity contribution in [3.63, 3.8) is 0 Å². The van der Waals surface area contributed by atoms with Crippen LogP contribution in [-0.2, 0) is 9.47 Å². The lowest BCUT2D eigenvalue weighted by atomic mass is 9.84. The van der Waals surface area contributed by atoms with E-state index in [1.807, 2.05) is 52.0 Å². The molecular weight excluding hydrogens is 544 g/mol. The molecule has 2 aromatic rings. The number of nitrogens with one attached hydrogen (secondary N) is 2. The number of hydrogen-bond acceptors (Lipinski definition) is 7. The van der Waals surface area contributed by atoms with E-state index in [0.29, 0.717) is 42.9 Å². The maximum Gasteiger partial charge on any atom is 0.410 e. The zero-order valence-electron chi connectivity index (χ0n) is 26.2. The zero-order chi connectivity index (χ0) is 30.9. The molecule has 3 saturated heterocycles. The number of pyridine rings is 1. The van der Waals surface area contributed by atoms with Crippen molar-refractivity contribution < 1.29 is 14.3 Å². The molecule has 3 fully saturated rings. The van der Waals surface area contributed by atoms with Crippen molar-refractivity contribution >= 4 is 29.0 Å². The molecule has 0 radical (unpaired) electrons. The molecule has 2 atom stereocenters. The van der Waals surface area contributed by atoms with E-state index in [-0.39, 0.29) is 35.2 Å². The number of rotatable bonds is 7. The molecule has 2 bridgehead atoms. The summed E-state index contributed by atoms with van der Waals surface area (Å²) in [7, 11) is 0. The van der Waals surface area contributed by atoms with Crippen LogP contribution in [0.15, 0.2) is 46.8 Å². The molecule has 1 aromatic heterocycles. The van der Waals surface area contributed by atoms with Crippen molar-refractivity contribution in [2.75, 3.05) is 31.5 Å². The van der Waals surface area contributed by atoms with E-state index in [1.165, 1.54) is 0 Å². The summed E-state index contributed by atoms with van der Waals surface area (Å²) in [4.78, 5) is 37.2. The Kier molecular flexibility index (Phi) is 8.61. The molecule has 10 heteroatoms. The molecule has 4 N–H and O–H groups in total. The number of H-pyrrole nitrogens is 1. The fourth-order valence-electron chi connectivity index (χ4n) is 6.38. The first-order valence-electron chi connectivity index (χ1n) is 15.4. The van der Waals surface area contributed by atoms with Gasteiger partial charge in [-0.05, 0) is 83.6 Å². The minimum absolute atomic E-state index is 0.137. The maximum absolute atomic E-state index is 13.1. The minimum Gasteiger partial charge on any atom is -0.444 e. The van der Waals surface area contributed by atoms with Gasteiger partial charge in [0, 0.05) is 49.2 Å². The summed E-state index contributed by atoms with van der Waals surface area (Å²) < 4.78 is 11.6. The number of aromatic amines is 1. The Labute approximate surface area is 254 Å². The molecule has 0 spiro atoms. The number of fused-ring (bicyclic) bond motifs is 2. The first kappa shape index (κ1) is 30.7. The highest BCUT2D eigenvalue weighted by Gasteiger charge is 2.37. The fourth-order valence-corrected chi connectivity index (χ4v) is 6.38. The summed E-state index contributed by atoms with van der Waals surface area (Å²) in [6.45, 7) is 17.0. The Hall–Kier alpha value is -3.79. The van der Waals surface area contributed by atoms with Crippen molar-refractivity contribution in [1.82, 2.24) is 14.8 Å². The SMILES string of the molecule is C=C(c1ccc(N=C(N)c2c(NC3(CC)CCN(C(=O)OC(C)(C)C)CC3)cc[nH]c2=O)cc1C)N1CC2CCC(C1)O2. The second-order valence-corrected chi connectivity index (χ2v) is 13.1. The van der Waals surface area contributed by atoms with Gasteiger partial charge in [-0.15, -0.1) is 0 Å². The number of ether oxygens (including phenoxy) is 2. The molecule has 2 unspecified atom stereocenters. The van der Waals surface area contributed by atoms with Crippen LogP contribution in [0.25, 0.3) is 5.70 Å². The first-order valence-corrected chi connectivity index (χ1v) is 15.4. The number of aliphatic imine (C=N–C) groups is 1. The third-order valence-corrected chi connectivity index (χ3v) is 8.86. The van der Waals surface area contributed by atoms with Gasteiger partial charge in [0.05, 0.1) is 23.6 Å². The number of morpholine rings is 1. The molecule has 232 valence electrons. The molecule has 3 aliphatic rings. The van der Waals surface area contributed by atoms with Crippen molar-refractivity contribution in [2.24, 2.45) is 10.7 Å². The minimum atomic E-state index is -0.541. The Morgan fingerprint density at radius 2 is 1.86 bits per heavy atom. The number of hydrogen-bond donors (Lipinski definition) is 3. The molecule has 1 amide bonds. The van der Waals surface area contributed by atoms with Gasteiger partial charge in [0.25, 0.3) is 5.56 Å². The van der Waals surface area contributed by atoms with Gasteiger partial charge in [-0.25, -0.2) is 9.79 Å². The number of carbonyl (C=O) groups excluding carboxylic acids is 1. The number of nitrogens with two attached hydrogens (primary N) is 1. The highest BCUT2D eigenvalue weighted by Crippen LogP contribution is 2.34. The number of anilines is 1. The molecule has 5 rings (SSSR count). The predicted molar refractivity (Wildman–Crippen MR) is 171 cm³/mol. The lowest BCUT2D eigenvalue weighted by Gasteiger charge is -2.43. The van der Waals surface area contributed by atoms with Gasteiger partial charge in [-0.2, -0.15) is 0 Å². The average molecular weight is 591 g/mol. The van der Waals surface area contributed by atoms with Gasteiger partial charge in [0.15, 0.2) is 0 Å². The number of likely N-dealkylation sites (tertiary alicyclic amines) is 2. The van der Waals surface area contributed by atoms with Gasteiger partial charge in [-0.3, -0.25) is 4.79 Å². The normalized spacial score (nSPS) is 21.9. The van der Waals surface area contributed by atoms with Crippen molar-refractivity contribution in [3.8, 4) is 0 Å². The van der Waals surface area contributed by atoms with Crippen LogP contribution in [0.5, 0.6) is 0 Å². The Bertz CT molecular complexity index is 1440. The summed E-state index contributed by atoms with van der Waals surface area (Å²) in [6, 6.07) is 7.75. The van der Waals surface area contributed by atoms with E-state index in [1.54, 1.807) is 11.1 Å². The Morgan fingerprint density at radius 1 is 1.19 bits per heavy atom. The van der Waals surface area contributed by atoms with Crippen LogP contribution in [0.1, 0.15) is 76.5 Å². The number of benzene rings is 1. The van der Waals surface area contributed by atoms with Crippen LogP contribution in [0.3, 0.4) is 0 Å². The molecule has 10 nitrogen and oxygen atoms in total. The summed E-state index contributed by atoms with van der Waals surface area (Å²) in [6.07, 6.45) is 6.34. The third-order valence-electron chi connectivity index (χ3n) is 8.86. The predicted octanol–water partition coefficient (Wildman–Crippen LogP) is 5.15. The highest BCUT2D eigenvalue weighted by molar-refractivity contribution is 6.03. The van der Waals surface area contributed by atoms with Crippen LogP contribution in [0, 0.1) is 6.92 Å². The number of aryl methyl sites for hydroxylation is 1. The Morgan fingerprint density at radius 3 is 2.47 bits per heavy atom. The van der Waals surface area contributed by atoms with Crippen molar-refractivity contribution in [3.05, 3.63) is 64.1 Å². The molecule has 1 aromatic carbocycles. The van der Waals surface area contributed by atoms with E-state index in [9.17, 15) is 9.59 Å². The molecule has 0 aliphatic carbocycles. The number of piperidine rings is 1. The quantitative estimate of drug-likeness (QED) is 0.301. The van der Waals surface area contributed by atoms with Gasteiger partial charge in [0.1, 0.15) is 17.0 Å². The van der Waals surface area contributed by atoms with Crippen LogP contribution in [-0.4, -0.2) is 76.2 Å². The second kappa shape index (κ2) is 12.1. The first-order chi connectivity index (χ1) is 20.4. The van der Waals surface area contributed by atoms with Crippen molar-refractivity contribution in [2.45, 2.75) is 90.1 Å². The number of nitrogens with zero attached hydrogens (tertiary/aromatic N) is 3. The average Bonchev–Trinajstić information content (AvgIpc) is 3.29. The molecule has 43 heavy (non-hydrogen) atoms. The van der Waals surface area contributed by atoms with Crippen molar-refractivity contribution in [1.29, 1.82) is 0 Å². The van der Waals surface area contributed by atoms with E-state index >= 15 is 0 Å². The van der Waals surface area contributed by atoms with E-state index in [4.69, 9.17) is 15.2 Å². The number of amides is 1. The standard InChI is InChI=1S/C33H46N6O4/c1-7-33(13-16-38(17-14-33)31(41)43-32(4,5)6)37-27-12-15-35-30(40)28(27)29(34)36-23-8-11-26(21(2)18-23)22(3)39-19-24-9-10-25(20-39)42-24/h8,11-12,15,18,24-25H,3,7,9-10,13-14,16-17,19-20H2,1-2,4-6H3,(H2,34,36)(H2,35,37,40). The smallest absolute Gasteiger partial charge is 0.410 e. The van der Waals surface area contributed by atoms with Crippen LogP contribution < -0.4 is 16.6 Å². The van der Waals surface area contributed by atoms with Crippen LogP contribution >= 0.6 is 0 Å². The molecule has 4 heterocycles. The maximum atomic E-state index is 13.1. The number of amidine groups is 1. The summed E-state index contributed by atoms with van der Waals surface area (Å²) in [5, 5.41) is 3.62. The van der Waals surface area contributed by atoms with Crippen LogP contribution in [0.2, 0.25) is 0 Å². The monoisotopic (exact) mass is 590 g/mol. The van der Waals surface area contributed by atoms with E-state index in [2.05, 4.69) is 33.7 Å². The van der Waals surface area contributed by atoms with Crippen LogP contribution in [0.4, 0.5) is 16.2 Å². The lowest BCUT2D eigenvalue weighted by Crippen LogP contribution is -2.51. The fraction of sp³-hybridized carbons (Fsp3) is 0.545. The molecule has 0 saturated carbocycles. The molecular formula is C33H46N6O4. The number of carbonyl (C=O) groups is 1. The second-order valence-electron chi connectivity index (χ2n) is 13.1. The number of aromatic nitrogens is 1. The van der Waals surface area contributed by atoms with E-state index in [0.717, 1.165) is 49.2 Å². The lowest BCUT2D eigenvalue weighted by molar-refractivity contribution is -0.0188. The summed E-state index contributed by atoms with van der Waals surface area (Å²) in [5.74, 6) is 0.137. The van der Waals surface area contributed by atoms with E-state index < -0.39 is 5.60 Å². The van der Waals surface area contributed by atoms with Gasteiger partial charge in [0.2, 0.25) is 0 Å². The Balaban J connectivity index is 1.32. The topological polar surface area (TPSA) is 125 Å². The highest BCUT2D eigenvalue weighted by atomic mass is 16.6. The summed E-state index contributed by atoms with van der Waals surface area (Å²) in [5.41, 5.74) is 10.1. The van der Waals surface area contributed by atoms with Gasteiger partial charge in [-0.1, -0.05) is 19.6 Å². The largest absolute Gasteiger partial charge is 0.444 e. The molecule has 3 aliphatic heterocycles. The van der Waals surface area contributed by atoms with Gasteiger partial charge >= 0.3 is 6.09 Å². The third kappa shape index (κ3) is 6.90. The summed E-state index contributed by atoms with van der Waals surface area (Å²) >= 11 is 0. The zero-order valence-corrected chi connectivity index (χ0v) is 26.2. The van der Waals surface area contributed by atoms with Gasteiger partial charge < -0.3 is 35.3 Å².